The number of phenols is 1. The highest BCUT2D eigenvalue weighted by atomic mass is 32.2. The molecule has 8 nitrogen and oxygen atoms in total. The minimum absolute atomic E-state index is 0.0186. The first-order chi connectivity index (χ1) is 18.2. The molecule has 0 spiro atoms. The van der Waals surface area contributed by atoms with Crippen molar-refractivity contribution in [2.75, 3.05) is 32.8 Å². The molecule has 0 unspecified atom stereocenters. The molecule has 1 amide bonds. The second-order valence-electron chi connectivity index (χ2n) is 9.48. The number of sulfone groups is 1. The lowest BCUT2D eigenvalue weighted by atomic mass is 10.1. The standard InChI is InChI=1S/C28H34N2O6S2/c1-20-27(13-17-37-20)28(33)30-15-11-26(12-16-30)38(34,35)25-8-2-21(3-9-25)10-14-29-18-23(32)19-36-24-6-4-22(31)5-7-24/h2-9,13,17,23,26,29,31-32H,10-12,14-16,18-19H2,1H3/t23-/m0/s1. The highest BCUT2D eigenvalue weighted by Crippen LogP contribution is 2.27. The van der Waals surface area contributed by atoms with Crippen molar-refractivity contribution >= 4 is 27.1 Å². The lowest BCUT2D eigenvalue weighted by molar-refractivity contribution is 0.0725. The number of phenolic OH excluding ortho intramolecular Hbond substituents is 1. The number of aromatic hydroxyl groups is 1. The number of likely N-dealkylation sites (tertiary alicyclic amines) is 1. The third kappa shape index (κ3) is 7.13. The molecule has 1 fully saturated rings. The van der Waals surface area contributed by atoms with Crippen molar-refractivity contribution in [3.8, 4) is 11.5 Å². The number of aliphatic hydroxyl groups is 1. The van der Waals surface area contributed by atoms with Crippen LogP contribution < -0.4 is 10.1 Å². The van der Waals surface area contributed by atoms with Crippen LogP contribution >= 0.6 is 11.3 Å². The van der Waals surface area contributed by atoms with E-state index >= 15 is 0 Å². The quantitative estimate of drug-likeness (QED) is 0.309. The summed E-state index contributed by atoms with van der Waals surface area (Å²) in [7, 11) is -3.47. The Balaban J connectivity index is 1.19. The Kier molecular flexibility index (Phi) is 9.43. The fourth-order valence-electron chi connectivity index (χ4n) is 4.48. The Bertz CT molecular complexity index is 1300. The zero-order valence-corrected chi connectivity index (χ0v) is 23.0. The molecule has 38 heavy (non-hydrogen) atoms. The number of carbonyl (C=O) groups excluding carboxylic acids is 1. The van der Waals surface area contributed by atoms with E-state index in [4.69, 9.17) is 4.74 Å². The minimum atomic E-state index is -3.47. The topological polar surface area (TPSA) is 116 Å². The lowest BCUT2D eigenvalue weighted by Crippen LogP contribution is -2.42. The van der Waals surface area contributed by atoms with E-state index in [1.807, 2.05) is 30.5 Å². The Morgan fingerprint density at radius 3 is 2.42 bits per heavy atom. The molecule has 0 saturated carbocycles. The van der Waals surface area contributed by atoms with E-state index in [0.29, 0.717) is 61.6 Å². The molecule has 3 N–H and O–H groups in total. The summed E-state index contributed by atoms with van der Waals surface area (Å²) in [5.41, 5.74) is 1.70. The summed E-state index contributed by atoms with van der Waals surface area (Å²) in [5.74, 6) is 0.711. The molecule has 0 bridgehead atoms. The largest absolute Gasteiger partial charge is 0.508 e. The van der Waals surface area contributed by atoms with Crippen molar-refractivity contribution < 1.29 is 28.2 Å². The number of amides is 1. The highest BCUT2D eigenvalue weighted by Gasteiger charge is 2.33. The molecule has 0 radical (unpaired) electrons. The fourth-order valence-corrected chi connectivity index (χ4v) is 6.90. The second-order valence-corrected chi connectivity index (χ2v) is 12.8. The number of ether oxygens (including phenoxy) is 1. The van der Waals surface area contributed by atoms with Gasteiger partial charge in [0.1, 0.15) is 24.2 Å². The van der Waals surface area contributed by atoms with E-state index in [1.165, 1.54) is 23.5 Å². The van der Waals surface area contributed by atoms with E-state index in [2.05, 4.69) is 5.32 Å². The van der Waals surface area contributed by atoms with Crippen LogP contribution in [0.2, 0.25) is 0 Å². The Morgan fingerprint density at radius 1 is 1.11 bits per heavy atom. The molecule has 1 saturated heterocycles. The van der Waals surface area contributed by atoms with E-state index in [9.17, 15) is 23.4 Å². The molecular weight excluding hydrogens is 524 g/mol. The van der Waals surface area contributed by atoms with E-state index in [-0.39, 0.29) is 18.3 Å². The van der Waals surface area contributed by atoms with Crippen LogP contribution in [0.25, 0.3) is 0 Å². The van der Waals surface area contributed by atoms with Gasteiger partial charge in [0.25, 0.3) is 5.91 Å². The van der Waals surface area contributed by atoms with Gasteiger partial charge in [0.05, 0.1) is 15.7 Å². The Hall–Kier alpha value is -2.92. The normalized spacial score (nSPS) is 15.4. The number of hydrogen-bond acceptors (Lipinski definition) is 8. The highest BCUT2D eigenvalue weighted by molar-refractivity contribution is 7.92. The van der Waals surface area contributed by atoms with Gasteiger partial charge in [0, 0.05) is 24.5 Å². The van der Waals surface area contributed by atoms with Crippen LogP contribution in [0.5, 0.6) is 11.5 Å². The van der Waals surface area contributed by atoms with E-state index < -0.39 is 21.2 Å². The van der Waals surface area contributed by atoms with Crippen LogP contribution in [0, 0.1) is 6.92 Å². The summed E-state index contributed by atoms with van der Waals surface area (Å²) in [6, 6.07) is 15.1. The first-order valence-corrected chi connectivity index (χ1v) is 15.1. The van der Waals surface area contributed by atoms with Crippen molar-refractivity contribution in [2.24, 2.45) is 0 Å². The van der Waals surface area contributed by atoms with Crippen LogP contribution in [0.15, 0.2) is 64.9 Å². The van der Waals surface area contributed by atoms with Gasteiger partial charge >= 0.3 is 0 Å². The summed E-state index contributed by atoms with van der Waals surface area (Å²) < 4.78 is 31.9. The molecule has 4 rings (SSSR count). The maximum Gasteiger partial charge on any atom is 0.254 e. The molecule has 1 atom stereocenters. The average molecular weight is 559 g/mol. The molecule has 2 aromatic carbocycles. The van der Waals surface area contributed by atoms with Gasteiger partial charge in [-0.15, -0.1) is 11.3 Å². The predicted molar refractivity (Wildman–Crippen MR) is 148 cm³/mol. The second kappa shape index (κ2) is 12.8. The van der Waals surface area contributed by atoms with Crippen LogP contribution in [0.1, 0.15) is 33.6 Å². The van der Waals surface area contributed by atoms with Gasteiger partial charge in [-0.05, 0) is 86.1 Å². The number of aliphatic hydroxyl groups excluding tert-OH is 1. The summed E-state index contributed by atoms with van der Waals surface area (Å²) in [4.78, 5) is 15.8. The molecule has 204 valence electrons. The molecule has 1 aliphatic heterocycles. The van der Waals surface area contributed by atoms with Gasteiger partial charge in [-0.2, -0.15) is 0 Å². The smallest absolute Gasteiger partial charge is 0.254 e. The zero-order valence-electron chi connectivity index (χ0n) is 21.4. The van der Waals surface area contributed by atoms with Crippen molar-refractivity contribution in [1.82, 2.24) is 10.2 Å². The number of nitrogens with zero attached hydrogens (tertiary/aromatic N) is 1. The molecule has 0 aliphatic carbocycles. The number of hydrogen-bond donors (Lipinski definition) is 3. The number of thiophene rings is 1. The molecular formula is C28H34N2O6S2. The number of rotatable bonds is 11. The van der Waals surface area contributed by atoms with Crippen LogP contribution in [0.3, 0.4) is 0 Å². The SMILES string of the molecule is Cc1sccc1C(=O)N1CCC(S(=O)(=O)c2ccc(CCNC[C@H](O)COc3ccc(O)cc3)cc2)CC1. The van der Waals surface area contributed by atoms with Gasteiger partial charge in [0.2, 0.25) is 0 Å². The maximum atomic E-state index is 13.2. The predicted octanol–water partition coefficient (Wildman–Crippen LogP) is 3.41. The lowest BCUT2D eigenvalue weighted by Gasteiger charge is -2.31. The minimum Gasteiger partial charge on any atom is -0.508 e. The van der Waals surface area contributed by atoms with Gasteiger partial charge in [-0.3, -0.25) is 4.79 Å². The molecule has 2 heterocycles. The van der Waals surface area contributed by atoms with Gasteiger partial charge < -0.3 is 25.2 Å². The maximum absolute atomic E-state index is 13.2. The van der Waals surface area contributed by atoms with E-state index in [1.54, 1.807) is 29.2 Å². The summed E-state index contributed by atoms with van der Waals surface area (Å²) in [6.07, 6.45) is 0.866. The van der Waals surface area contributed by atoms with Crippen molar-refractivity contribution in [3.63, 3.8) is 0 Å². The zero-order chi connectivity index (χ0) is 27.1. The summed E-state index contributed by atoms with van der Waals surface area (Å²) in [6.45, 7) is 3.91. The average Bonchev–Trinajstić information content (AvgIpc) is 3.36. The number of benzene rings is 2. The number of nitrogens with one attached hydrogen (secondary N) is 1. The third-order valence-corrected chi connectivity index (χ3v) is 9.88. The summed E-state index contributed by atoms with van der Waals surface area (Å²) >= 11 is 1.54. The van der Waals surface area contributed by atoms with Crippen molar-refractivity contribution in [3.05, 3.63) is 76.0 Å². The van der Waals surface area contributed by atoms with Gasteiger partial charge in [-0.1, -0.05) is 12.1 Å². The van der Waals surface area contributed by atoms with Crippen molar-refractivity contribution in [1.29, 1.82) is 0 Å². The van der Waals surface area contributed by atoms with Gasteiger partial charge in [-0.25, -0.2) is 8.42 Å². The molecule has 1 aromatic heterocycles. The monoisotopic (exact) mass is 558 g/mol. The number of carbonyl (C=O) groups is 1. The number of piperidine rings is 1. The summed E-state index contributed by atoms with van der Waals surface area (Å²) in [5, 5.41) is 24.0. The molecule has 1 aliphatic rings. The van der Waals surface area contributed by atoms with E-state index in [0.717, 1.165) is 10.4 Å². The first kappa shape index (κ1) is 28.1. The van der Waals surface area contributed by atoms with Crippen molar-refractivity contribution in [2.45, 2.75) is 42.4 Å². The molecule has 3 aromatic rings. The first-order valence-electron chi connectivity index (χ1n) is 12.7. The van der Waals surface area contributed by atoms with Crippen LogP contribution in [0.4, 0.5) is 0 Å². The Morgan fingerprint density at radius 2 is 1.79 bits per heavy atom. The Labute approximate surface area is 227 Å². The fraction of sp³-hybridized carbons (Fsp3) is 0.393. The molecule has 10 heteroatoms. The van der Waals surface area contributed by atoms with Crippen LogP contribution in [-0.2, 0) is 16.3 Å². The van der Waals surface area contributed by atoms with Gasteiger partial charge in [0.15, 0.2) is 9.84 Å². The third-order valence-electron chi connectivity index (χ3n) is 6.76. The number of aryl methyl sites for hydroxylation is 1. The van der Waals surface area contributed by atoms with Crippen LogP contribution in [-0.4, -0.2) is 73.6 Å².